The van der Waals surface area contributed by atoms with E-state index in [2.05, 4.69) is 10.5 Å². The van der Waals surface area contributed by atoms with Crippen LogP contribution in [-0.4, -0.2) is 33.7 Å². The maximum absolute atomic E-state index is 13.3. The minimum absolute atomic E-state index is 0.0246. The number of hydrogen-bond donors (Lipinski definition) is 1. The lowest BCUT2D eigenvalue weighted by atomic mass is 10.2. The molecular weight excluding hydrogens is 469 g/mol. The van der Waals surface area contributed by atoms with E-state index in [0.717, 1.165) is 4.31 Å². The van der Waals surface area contributed by atoms with Gasteiger partial charge >= 0.3 is 0 Å². The Balaban J connectivity index is 1.83. The lowest BCUT2D eigenvalue weighted by Gasteiger charge is -2.24. The van der Waals surface area contributed by atoms with Crippen LogP contribution in [0.5, 0.6) is 5.75 Å². The Labute approximate surface area is 196 Å². The van der Waals surface area contributed by atoms with Gasteiger partial charge in [0.05, 0.1) is 23.4 Å². The van der Waals surface area contributed by atoms with E-state index in [1.54, 1.807) is 24.3 Å². The number of nitrogens with zero attached hydrogens (tertiary/aromatic N) is 2. The smallest absolute Gasteiger partial charge is 0.264 e. The second-order valence-electron chi connectivity index (χ2n) is 6.74. The van der Waals surface area contributed by atoms with Gasteiger partial charge in [0.2, 0.25) is 0 Å². The first kappa shape index (κ1) is 24.2. The number of halogens is 2. The molecule has 0 unspecified atom stereocenters. The van der Waals surface area contributed by atoms with Crippen LogP contribution in [0.15, 0.2) is 82.8 Å². The topological polar surface area (TPSA) is 88.1 Å². The maximum Gasteiger partial charge on any atom is 0.264 e. The summed E-state index contributed by atoms with van der Waals surface area (Å²) >= 11 is 5.88. The van der Waals surface area contributed by atoms with E-state index in [1.807, 2.05) is 6.92 Å². The van der Waals surface area contributed by atoms with Crippen molar-refractivity contribution in [3.8, 4) is 5.75 Å². The molecule has 3 aromatic carbocycles. The number of rotatable bonds is 9. The SMILES string of the molecule is CCOc1ccc(N(CC(=O)N/N=C\c2ccc(F)cc2)S(=O)(=O)c2ccc(Cl)cc2)cc1. The van der Waals surface area contributed by atoms with E-state index >= 15 is 0 Å². The van der Waals surface area contributed by atoms with Crippen molar-refractivity contribution in [1.29, 1.82) is 0 Å². The molecule has 0 heterocycles. The van der Waals surface area contributed by atoms with Gasteiger partial charge in [-0.15, -0.1) is 0 Å². The van der Waals surface area contributed by atoms with Gasteiger partial charge in [0.1, 0.15) is 18.1 Å². The van der Waals surface area contributed by atoms with Gasteiger partial charge in [-0.2, -0.15) is 5.10 Å². The summed E-state index contributed by atoms with van der Waals surface area (Å²) in [7, 11) is -4.09. The number of hydrazone groups is 1. The van der Waals surface area contributed by atoms with Crippen molar-refractivity contribution in [3.05, 3.63) is 89.2 Å². The fraction of sp³-hybridized carbons (Fsp3) is 0.130. The highest BCUT2D eigenvalue weighted by Crippen LogP contribution is 2.26. The van der Waals surface area contributed by atoms with E-state index in [0.29, 0.717) is 22.9 Å². The van der Waals surface area contributed by atoms with E-state index in [9.17, 15) is 17.6 Å². The lowest BCUT2D eigenvalue weighted by molar-refractivity contribution is -0.119. The number of anilines is 1. The molecule has 0 saturated heterocycles. The van der Waals surface area contributed by atoms with Crippen LogP contribution in [0, 0.1) is 5.82 Å². The van der Waals surface area contributed by atoms with E-state index < -0.39 is 28.3 Å². The number of carbonyl (C=O) groups is 1. The second-order valence-corrected chi connectivity index (χ2v) is 9.04. The Hall–Kier alpha value is -3.43. The van der Waals surface area contributed by atoms with E-state index in [-0.39, 0.29) is 10.6 Å². The van der Waals surface area contributed by atoms with Crippen molar-refractivity contribution in [3.63, 3.8) is 0 Å². The summed E-state index contributed by atoms with van der Waals surface area (Å²) < 4.78 is 46.0. The van der Waals surface area contributed by atoms with E-state index in [1.165, 1.54) is 54.7 Å². The average Bonchev–Trinajstić information content (AvgIpc) is 2.80. The molecule has 0 radical (unpaired) electrons. The molecule has 0 spiro atoms. The van der Waals surface area contributed by atoms with Crippen molar-refractivity contribution in [1.82, 2.24) is 5.43 Å². The molecule has 0 aromatic heterocycles. The highest BCUT2D eigenvalue weighted by Gasteiger charge is 2.27. The van der Waals surface area contributed by atoms with Crippen molar-refractivity contribution in [2.24, 2.45) is 5.10 Å². The molecular formula is C23H21ClFN3O4S. The molecule has 10 heteroatoms. The number of carbonyl (C=O) groups excluding carboxylic acids is 1. The molecule has 7 nitrogen and oxygen atoms in total. The maximum atomic E-state index is 13.3. The summed E-state index contributed by atoms with van der Waals surface area (Å²) in [5.74, 6) is -0.493. The number of amides is 1. The van der Waals surface area contributed by atoms with Crippen LogP contribution < -0.4 is 14.5 Å². The predicted octanol–water partition coefficient (Wildman–Crippen LogP) is 4.22. The molecule has 0 aliphatic carbocycles. The van der Waals surface area contributed by atoms with E-state index in [4.69, 9.17) is 16.3 Å². The van der Waals surface area contributed by atoms with Crippen LogP contribution in [0.2, 0.25) is 5.02 Å². The van der Waals surface area contributed by atoms with Crippen molar-refractivity contribution in [2.75, 3.05) is 17.5 Å². The third-order valence-corrected chi connectivity index (χ3v) is 6.44. The Morgan fingerprint density at radius 2 is 1.70 bits per heavy atom. The normalized spacial score (nSPS) is 11.4. The van der Waals surface area contributed by atoms with Crippen LogP contribution in [0.25, 0.3) is 0 Å². The molecule has 0 bridgehead atoms. The molecule has 0 saturated carbocycles. The van der Waals surface area contributed by atoms with Gasteiger partial charge < -0.3 is 4.74 Å². The summed E-state index contributed by atoms with van der Waals surface area (Å²) in [6.45, 7) is 1.77. The van der Waals surface area contributed by atoms with Gasteiger partial charge in [-0.25, -0.2) is 18.2 Å². The summed E-state index contributed by atoms with van der Waals surface area (Å²) in [5.41, 5.74) is 3.13. The summed E-state index contributed by atoms with van der Waals surface area (Å²) in [4.78, 5) is 12.5. The van der Waals surface area contributed by atoms with Crippen molar-refractivity contribution in [2.45, 2.75) is 11.8 Å². The lowest BCUT2D eigenvalue weighted by Crippen LogP contribution is -2.39. The third kappa shape index (κ3) is 6.53. The molecule has 3 rings (SSSR count). The fourth-order valence-electron chi connectivity index (χ4n) is 2.82. The molecule has 0 atom stereocenters. The molecule has 0 aliphatic heterocycles. The molecule has 172 valence electrons. The van der Waals surface area contributed by atoms with Crippen LogP contribution in [-0.2, 0) is 14.8 Å². The zero-order valence-corrected chi connectivity index (χ0v) is 19.2. The quantitative estimate of drug-likeness (QED) is 0.360. The number of sulfonamides is 1. The fourth-order valence-corrected chi connectivity index (χ4v) is 4.36. The first-order valence-electron chi connectivity index (χ1n) is 9.88. The molecule has 0 fully saturated rings. The summed E-state index contributed by atoms with van der Waals surface area (Å²) in [6.07, 6.45) is 1.33. The molecule has 3 aromatic rings. The summed E-state index contributed by atoms with van der Waals surface area (Å²) in [5, 5.41) is 4.20. The minimum atomic E-state index is -4.09. The highest BCUT2D eigenvalue weighted by molar-refractivity contribution is 7.92. The summed E-state index contributed by atoms with van der Waals surface area (Å²) in [6, 6.07) is 17.5. The van der Waals surface area contributed by atoms with Gasteiger partial charge in [-0.1, -0.05) is 23.7 Å². The zero-order valence-electron chi connectivity index (χ0n) is 17.6. The number of nitrogens with one attached hydrogen (secondary N) is 1. The molecule has 33 heavy (non-hydrogen) atoms. The average molecular weight is 490 g/mol. The number of hydrogen-bond acceptors (Lipinski definition) is 5. The second kappa shape index (κ2) is 10.9. The van der Waals surface area contributed by atoms with Gasteiger partial charge in [-0.3, -0.25) is 9.10 Å². The highest BCUT2D eigenvalue weighted by atomic mass is 35.5. The monoisotopic (exact) mass is 489 g/mol. The van der Waals surface area contributed by atoms with Gasteiger partial charge in [0.15, 0.2) is 0 Å². The van der Waals surface area contributed by atoms with Crippen LogP contribution >= 0.6 is 11.6 Å². The molecule has 0 aliphatic rings. The molecule has 1 N–H and O–H groups in total. The third-order valence-electron chi connectivity index (χ3n) is 4.40. The van der Waals surface area contributed by atoms with Gasteiger partial charge in [-0.05, 0) is 73.2 Å². The molecule has 1 amide bonds. The standard InChI is InChI=1S/C23H21ClFN3O4S/c1-2-32-21-11-9-20(10-12-21)28(33(30,31)22-13-5-18(24)6-14-22)16-23(29)27-26-15-17-3-7-19(25)8-4-17/h3-15H,2,16H2,1H3,(H,27,29)/b26-15-. The van der Waals surface area contributed by atoms with Crippen molar-refractivity contribution >= 4 is 39.4 Å². The van der Waals surface area contributed by atoms with Crippen LogP contribution in [0.3, 0.4) is 0 Å². The zero-order chi connectivity index (χ0) is 23.8. The Bertz CT molecular complexity index is 1220. The van der Waals surface area contributed by atoms with Gasteiger partial charge in [0.25, 0.3) is 15.9 Å². The number of ether oxygens (including phenoxy) is 1. The Kier molecular flexibility index (Phi) is 8.02. The Morgan fingerprint density at radius 1 is 1.06 bits per heavy atom. The first-order chi connectivity index (χ1) is 15.8. The first-order valence-corrected chi connectivity index (χ1v) is 11.7. The van der Waals surface area contributed by atoms with Crippen LogP contribution in [0.4, 0.5) is 10.1 Å². The predicted molar refractivity (Wildman–Crippen MR) is 126 cm³/mol. The van der Waals surface area contributed by atoms with Crippen molar-refractivity contribution < 1.29 is 22.3 Å². The number of benzene rings is 3. The minimum Gasteiger partial charge on any atom is -0.494 e. The van der Waals surface area contributed by atoms with Crippen LogP contribution in [0.1, 0.15) is 12.5 Å². The Morgan fingerprint density at radius 3 is 2.30 bits per heavy atom. The van der Waals surface area contributed by atoms with Gasteiger partial charge in [0, 0.05) is 5.02 Å². The largest absolute Gasteiger partial charge is 0.494 e.